The van der Waals surface area contributed by atoms with Crippen LogP contribution >= 0.6 is 0 Å². The van der Waals surface area contributed by atoms with E-state index in [0.29, 0.717) is 11.3 Å². The molecule has 0 radical (unpaired) electrons. The molecule has 8 heteroatoms. The summed E-state index contributed by atoms with van der Waals surface area (Å²) in [6.45, 7) is 0. The van der Waals surface area contributed by atoms with Crippen LogP contribution in [0.5, 0.6) is 0 Å². The second-order valence-electron chi connectivity index (χ2n) is 6.70. The first-order valence-corrected chi connectivity index (χ1v) is 8.61. The summed E-state index contributed by atoms with van der Waals surface area (Å²) in [5.74, 6) is 0.733. The maximum atomic E-state index is 12.6. The molecule has 2 heterocycles. The zero-order valence-electron chi connectivity index (χ0n) is 14.2. The number of nitrogens with one attached hydrogen (secondary N) is 3. The number of alkyl halides is 3. The lowest BCUT2D eigenvalue weighted by atomic mass is 10.2. The van der Waals surface area contributed by atoms with E-state index < -0.39 is 17.8 Å². The maximum absolute atomic E-state index is 12.6. The number of anilines is 2. The largest absolute Gasteiger partial charge is 0.416 e. The molecular weight excluding hydrogens is 357 g/mol. The quantitative estimate of drug-likeness (QED) is 0.589. The van der Waals surface area contributed by atoms with Crippen LogP contribution in [0.1, 0.15) is 24.1 Å². The minimum atomic E-state index is -4.41. The maximum Gasteiger partial charge on any atom is 0.416 e. The Balaban J connectivity index is 1.43. The molecule has 4 rings (SSSR count). The van der Waals surface area contributed by atoms with Gasteiger partial charge in [-0.2, -0.15) is 13.2 Å². The number of carbonyl (C=O) groups is 1. The van der Waals surface area contributed by atoms with Crippen molar-refractivity contribution in [2.24, 2.45) is 5.92 Å². The number of urea groups is 1. The number of fused-ring (bicyclic) bond motifs is 1. The molecule has 1 saturated carbocycles. The fourth-order valence-corrected chi connectivity index (χ4v) is 2.91. The summed E-state index contributed by atoms with van der Waals surface area (Å²) in [7, 11) is 0. The van der Waals surface area contributed by atoms with Crippen LogP contribution < -0.4 is 10.6 Å². The predicted molar refractivity (Wildman–Crippen MR) is 96.6 cm³/mol. The highest BCUT2D eigenvalue weighted by atomic mass is 19.4. The molecule has 0 atom stereocenters. The summed E-state index contributed by atoms with van der Waals surface area (Å²) in [6.07, 6.45) is 0.704. The molecular formula is C19H17F3N4O. The normalized spacial score (nSPS) is 14.3. The van der Waals surface area contributed by atoms with Gasteiger partial charge in [0.15, 0.2) is 0 Å². The second kappa shape index (κ2) is 6.61. The molecule has 0 unspecified atom stereocenters. The van der Waals surface area contributed by atoms with Crippen molar-refractivity contribution in [3.05, 3.63) is 53.9 Å². The Kier molecular flexibility index (Phi) is 4.25. The van der Waals surface area contributed by atoms with Crippen molar-refractivity contribution in [2.75, 3.05) is 10.6 Å². The van der Waals surface area contributed by atoms with E-state index in [1.807, 2.05) is 12.1 Å². The van der Waals surface area contributed by atoms with E-state index in [1.54, 1.807) is 6.20 Å². The van der Waals surface area contributed by atoms with Gasteiger partial charge in [-0.15, -0.1) is 0 Å². The molecule has 5 nitrogen and oxygen atoms in total. The van der Waals surface area contributed by atoms with E-state index in [-0.39, 0.29) is 5.69 Å². The molecule has 140 valence electrons. The van der Waals surface area contributed by atoms with Gasteiger partial charge in [-0.1, -0.05) is 0 Å². The number of hydrogen-bond acceptors (Lipinski definition) is 2. The smallest absolute Gasteiger partial charge is 0.344 e. The van der Waals surface area contributed by atoms with Crippen molar-refractivity contribution in [2.45, 2.75) is 25.4 Å². The Bertz CT molecular complexity index is 975. The molecule has 2 aromatic heterocycles. The summed E-state index contributed by atoms with van der Waals surface area (Å²) >= 11 is 0. The second-order valence-corrected chi connectivity index (χ2v) is 6.70. The number of pyridine rings is 1. The monoisotopic (exact) mass is 374 g/mol. The van der Waals surface area contributed by atoms with Crippen LogP contribution in [0.25, 0.3) is 11.0 Å². The van der Waals surface area contributed by atoms with Crippen LogP contribution in [0.4, 0.5) is 29.3 Å². The number of rotatable bonds is 4. The number of aromatic nitrogens is 2. The third kappa shape index (κ3) is 4.05. The summed E-state index contributed by atoms with van der Waals surface area (Å²) < 4.78 is 37.7. The van der Waals surface area contributed by atoms with Gasteiger partial charge < -0.3 is 15.6 Å². The van der Waals surface area contributed by atoms with Crippen LogP contribution in [0.3, 0.4) is 0 Å². The number of nitrogens with zero attached hydrogens (tertiary/aromatic N) is 1. The summed E-state index contributed by atoms with van der Waals surface area (Å²) in [5, 5.41) is 5.98. The molecule has 2 amide bonds. The van der Waals surface area contributed by atoms with Crippen LogP contribution in [0.15, 0.2) is 42.6 Å². The number of carbonyl (C=O) groups excluding carboxylic acids is 1. The zero-order valence-corrected chi connectivity index (χ0v) is 14.2. The van der Waals surface area contributed by atoms with Gasteiger partial charge in [0.05, 0.1) is 11.3 Å². The number of H-pyrrole nitrogens is 1. The van der Waals surface area contributed by atoms with Gasteiger partial charge in [0.2, 0.25) is 0 Å². The van der Waals surface area contributed by atoms with Crippen LogP contribution in [0.2, 0.25) is 0 Å². The van der Waals surface area contributed by atoms with Crippen molar-refractivity contribution in [3.63, 3.8) is 0 Å². The van der Waals surface area contributed by atoms with Gasteiger partial charge in [0, 0.05) is 23.0 Å². The molecule has 0 spiro atoms. The summed E-state index contributed by atoms with van der Waals surface area (Å²) in [5.41, 5.74) is 1.77. The Morgan fingerprint density at radius 1 is 1.11 bits per heavy atom. The average Bonchev–Trinajstić information content (AvgIpc) is 3.34. The molecule has 1 aromatic carbocycles. The van der Waals surface area contributed by atoms with Crippen LogP contribution in [0, 0.1) is 5.92 Å². The van der Waals surface area contributed by atoms with Gasteiger partial charge in [0.1, 0.15) is 5.65 Å². The number of aromatic amines is 1. The lowest BCUT2D eigenvalue weighted by Gasteiger charge is -2.09. The lowest BCUT2D eigenvalue weighted by Crippen LogP contribution is -2.19. The van der Waals surface area contributed by atoms with Crippen molar-refractivity contribution >= 4 is 28.4 Å². The van der Waals surface area contributed by atoms with E-state index >= 15 is 0 Å². The Hall–Kier alpha value is -3.03. The fourth-order valence-electron chi connectivity index (χ4n) is 2.91. The Labute approximate surface area is 153 Å². The highest BCUT2D eigenvalue weighted by Gasteiger charge is 2.30. The first-order chi connectivity index (χ1) is 12.9. The molecule has 0 bridgehead atoms. The molecule has 1 fully saturated rings. The fraction of sp³-hybridized carbons (Fsp3) is 0.263. The van der Waals surface area contributed by atoms with Crippen LogP contribution in [-0.4, -0.2) is 16.0 Å². The van der Waals surface area contributed by atoms with Crippen LogP contribution in [-0.2, 0) is 12.6 Å². The number of halogens is 3. The number of hydrogen-bond donors (Lipinski definition) is 3. The van der Waals surface area contributed by atoms with Gasteiger partial charge in [-0.05, 0) is 61.6 Å². The highest BCUT2D eigenvalue weighted by molar-refractivity contribution is 6.05. The Morgan fingerprint density at radius 2 is 1.85 bits per heavy atom. The van der Waals surface area contributed by atoms with Gasteiger partial charge in [0.25, 0.3) is 0 Å². The van der Waals surface area contributed by atoms with Crippen molar-refractivity contribution < 1.29 is 18.0 Å². The van der Waals surface area contributed by atoms with Crippen molar-refractivity contribution in [1.82, 2.24) is 9.97 Å². The molecule has 1 aliphatic carbocycles. The first-order valence-electron chi connectivity index (χ1n) is 8.61. The minimum absolute atomic E-state index is 0.269. The lowest BCUT2D eigenvalue weighted by molar-refractivity contribution is -0.137. The topological polar surface area (TPSA) is 69.8 Å². The van der Waals surface area contributed by atoms with Crippen molar-refractivity contribution in [1.29, 1.82) is 0 Å². The average molecular weight is 374 g/mol. The van der Waals surface area contributed by atoms with Gasteiger partial charge in [-0.3, -0.25) is 0 Å². The SMILES string of the molecule is O=C(Nc1ccc(C(F)(F)F)cc1)Nc1c[nH]c2nc(CC3CC3)ccc12. The van der Waals surface area contributed by atoms with Gasteiger partial charge >= 0.3 is 12.2 Å². The Morgan fingerprint density at radius 3 is 2.52 bits per heavy atom. The predicted octanol–water partition coefficient (Wildman–Crippen LogP) is 5.18. The molecule has 3 aromatic rings. The van der Waals surface area contributed by atoms with E-state index in [4.69, 9.17) is 0 Å². The van der Waals surface area contributed by atoms with Crippen molar-refractivity contribution in [3.8, 4) is 0 Å². The first kappa shape index (κ1) is 17.4. The standard InChI is InChI=1S/C19H17F3N4O/c20-19(21,22)12-3-5-13(6-4-12)25-18(27)26-16-10-23-17-15(16)8-7-14(24-17)9-11-1-2-11/h3-8,10-11H,1-2,9H2,(H,23,24)(H2,25,26,27). The molecule has 0 saturated heterocycles. The van der Waals surface area contributed by atoms with Gasteiger partial charge in [-0.25, -0.2) is 9.78 Å². The highest BCUT2D eigenvalue weighted by Crippen LogP contribution is 2.33. The summed E-state index contributed by atoms with van der Waals surface area (Å²) in [4.78, 5) is 19.8. The zero-order chi connectivity index (χ0) is 19.0. The van der Waals surface area contributed by atoms with E-state index in [1.165, 1.54) is 25.0 Å². The number of benzene rings is 1. The third-order valence-corrected chi connectivity index (χ3v) is 4.51. The molecule has 0 aliphatic heterocycles. The molecule has 1 aliphatic rings. The van der Waals surface area contributed by atoms with E-state index in [0.717, 1.165) is 35.6 Å². The summed E-state index contributed by atoms with van der Waals surface area (Å²) in [6, 6.07) is 7.58. The van der Waals surface area contributed by atoms with E-state index in [2.05, 4.69) is 20.6 Å². The molecule has 3 N–H and O–H groups in total. The third-order valence-electron chi connectivity index (χ3n) is 4.51. The minimum Gasteiger partial charge on any atom is -0.344 e. The molecule has 27 heavy (non-hydrogen) atoms. The van der Waals surface area contributed by atoms with E-state index in [9.17, 15) is 18.0 Å². The number of amides is 2.